The zero-order chi connectivity index (χ0) is 8.39. The van der Waals surface area contributed by atoms with Gasteiger partial charge in [-0.15, -0.1) is 12.4 Å². The smallest absolute Gasteiger partial charge is 0.119 e. The van der Waals surface area contributed by atoms with Gasteiger partial charge in [0.1, 0.15) is 5.75 Å². The summed E-state index contributed by atoms with van der Waals surface area (Å²) in [4.78, 5) is 4.03. The number of pyridine rings is 1. The Morgan fingerprint density at radius 2 is 2.00 bits per heavy atom. The predicted octanol–water partition coefficient (Wildman–Crippen LogP) is 2.67. The average Bonchev–Trinajstić information content (AvgIpc) is 2.17. The highest BCUT2D eigenvalue weighted by Gasteiger charge is 1.93. The molecule has 0 atom stereocenters. The molecule has 3 heteroatoms. The first-order valence-electron chi connectivity index (χ1n) is 3.78. The fourth-order valence-corrected chi connectivity index (χ4v) is 1.19. The molecule has 0 spiro atoms. The van der Waals surface area contributed by atoms with Crippen LogP contribution in [-0.2, 0) is 0 Å². The van der Waals surface area contributed by atoms with Crippen LogP contribution >= 0.6 is 12.4 Å². The maximum absolute atomic E-state index is 5.10. The SMILES string of the molecule is COc1ccc2cnccc2c1.Cl. The monoisotopic (exact) mass is 195 g/mol. The van der Waals surface area contributed by atoms with Gasteiger partial charge in [0.05, 0.1) is 7.11 Å². The van der Waals surface area contributed by atoms with E-state index in [1.165, 1.54) is 0 Å². The van der Waals surface area contributed by atoms with Crippen LogP contribution in [0.15, 0.2) is 36.7 Å². The van der Waals surface area contributed by atoms with Gasteiger partial charge in [-0.2, -0.15) is 0 Å². The predicted molar refractivity (Wildman–Crippen MR) is 55.5 cm³/mol. The molecule has 0 amide bonds. The van der Waals surface area contributed by atoms with Gasteiger partial charge in [-0.05, 0) is 29.7 Å². The summed E-state index contributed by atoms with van der Waals surface area (Å²) >= 11 is 0. The number of halogens is 1. The van der Waals surface area contributed by atoms with Gasteiger partial charge in [-0.1, -0.05) is 0 Å². The summed E-state index contributed by atoms with van der Waals surface area (Å²) in [6, 6.07) is 7.90. The number of methoxy groups -OCH3 is 1. The van der Waals surface area contributed by atoms with Crippen molar-refractivity contribution in [3.05, 3.63) is 36.7 Å². The third kappa shape index (κ3) is 1.90. The highest BCUT2D eigenvalue weighted by molar-refractivity contribution is 5.85. The van der Waals surface area contributed by atoms with Crippen molar-refractivity contribution in [2.45, 2.75) is 0 Å². The molecule has 68 valence electrons. The first-order chi connectivity index (χ1) is 5.90. The van der Waals surface area contributed by atoms with Crippen molar-refractivity contribution in [2.75, 3.05) is 7.11 Å². The van der Waals surface area contributed by atoms with Crippen LogP contribution in [0, 0.1) is 0 Å². The second-order valence-corrected chi connectivity index (χ2v) is 2.59. The molecule has 0 N–H and O–H groups in total. The maximum Gasteiger partial charge on any atom is 0.119 e. The Hall–Kier alpha value is -1.28. The molecular formula is C10H10ClNO. The van der Waals surface area contributed by atoms with Gasteiger partial charge in [0.15, 0.2) is 0 Å². The molecule has 2 nitrogen and oxygen atoms in total. The summed E-state index contributed by atoms with van der Waals surface area (Å²) in [5.41, 5.74) is 0. The van der Waals surface area contributed by atoms with Crippen molar-refractivity contribution < 1.29 is 4.74 Å². The normalized spacial score (nSPS) is 9.31. The molecule has 0 saturated heterocycles. The highest BCUT2D eigenvalue weighted by atomic mass is 35.5. The molecule has 13 heavy (non-hydrogen) atoms. The van der Waals surface area contributed by atoms with Crippen molar-refractivity contribution in [1.82, 2.24) is 4.98 Å². The molecule has 0 aliphatic carbocycles. The lowest BCUT2D eigenvalue weighted by Crippen LogP contribution is -1.82. The summed E-state index contributed by atoms with van der Waals surface area (Å²) in [7, 11) is 1.67. The van der Waals surface area contributed by atoms with Crippen molar-refractivity contribution in [3.8, 4) is 5.75 Å². The number of rotatable bonds is 1. The molecule has 1 aromatic carbocycles. The number of nitrogens with zero attached hydrogens (tertiary/aromatic N) is 1. The molecule has 0 unspecified atom stereocenters. The first kappa shape index (κ1) is 9.81. The molecule has 0 bridgehead atoms. The molecule has 0 aliphatic rings. The lowest BCUT2D eigenvalue weighted by molar-refractivity contribution is 0.415. The van der Waals surface area contributed by atoms with Crippen LogP contribution in [0.2, 0.25) is 0 Å². The Labute approximate surface area is 83.0 Å². The minimum absolute atomic E-state index is 0. The number of benzene rings is 1. The van der Waals surface area contributed by atoms with Crippen molar-refractivity contribution in [1.29, 1.82) is 0 Å². The molecule has 0 radical (unpaired) electrons. The van der Waals surface area contributed by atoms with Crippen molar-refractivity contribution in [3.63, 3.8) is 0 Å². The van der Waals surface area contributed by atoms with Crippen LogP contribution in [0.4, 0.5) is 0 Å². The number of fused-ring (bicyclic) bond motifs is 1. The minimum Gasteiger partial charge on any atom is -0.497 e. The van der Waals surface area contributed by atoms with E-state index in [9.17, 15) is 0 Å². The summed E-state index contributed by atoms with van der Waals surface area (Å²) in [6.07, 6.45) is 3.62. The molecule has 0 saturated carbocycles. The molecule has 0 aliphatic heterocycles. The molecule has 1 aromatic heterocycles. The van der Waals surface area contributed by atoms with Crippen LogP contribution < -0.4 is 4.74 Å². The minimum atomic E-state index is 0. The van der Waals surface area contributed by atoms with E-state index in [0.29, 0.717) is 0 Å². The van der Waals surface area contributed by atoms with Crippen LogP contribution in [0.25, 0.3) is 10.8 Å². The first-order valence-corrected chi connectivity index (χ1v) is 3.78. The van der Waals surface area contributed by atoms with Gasteiger partial charge >= 0.3 is 0 Å². The number of aromatic nitrogens is 1. The lowest BCUT2D eigenvalue weighted by Gasteiger charge is -2.00. The van der Waals surface area contributed by atoms with Crippen LogP contribution in [0.1, 0.15) is 0 Å². The Balaban J connectivity index is 0.000000845. The second kappa shape index (κ2) is 4.10. The van der Waals surface area contributed by atoms with E-state index in [4.69, 9.17) is 4.74 Å². The topological polar surface area (TPSA) is 22.1 Å². The number of hydrogen-bond acceptors (Lipinski definition) is 2. The van der Waals surface area contributed by atoms with E-state index in [1.807, 2.05) is 30.5 Å². The summed E-state index contributed by atoms with van der Waals surface area (Å²) in [5, 5.41) is 2.29. The van der Waals surface area contributed by atoms with Gasteiger partial charge < -0.3 is 4.74 Å². The maximum atomic E-state index is 5.10. The largest absolute Gasteiger partial charge is 0.497 e. The summed E-state index contributed by atoms with van der Waals surface area (Å²) in [5.74, 6) is 0.883. The zero-order valence-corrected chi connectivity index (χ0v) is 8.04. The molecule has 1 heterocycles. The van der Waals surface area contributed by atoms with Crippen LogP contribution in [-0.4, -0.2) is 12.1 Å². The van der Waals surface area contributed by atoms with Gasteiger partial charge in [0, 0.05) is 17.8 Å². The van der Waals surface area contributed by atoms with Crippen LogP contribution in [0.5, 0.6) is 5.75 Å². The fourth-order valence-electron chi connectivity index (χ4n) is 1.19. The van der Waals surface area contributed by atoms with Gasteiger partial charge in [-0.25, -0.2) is 0 Å². The Morgan fingerprint density at radius 1 is 1.15 bits per heavy atom. The number of ether oxygens (including phenoxy) is 1. The van der Waals surface area contributed by atoms with Crippen LogP contribution in [0.3, 0.4) is 0 Å². The van der Waals surface area contributed by atoms with Crippen molar-refractivity contribution >= 4 is 23.2 Å². The molecular weight excluding hydrogens is 186 g/mol. The Morgan fingerprint density at radius 3 is 2.77 bits per heavy atom. The Bertz CT molecular complexity index is 403. The van der Waals surface area contributed by atoms with E-state index in [1.54, 1.807) is 13.3 Å². The van der Waals surface area contributed by atoms with Crippen molar-refractivity contribution in [2.24, 2.45) is 0 Å². The van der Waals surface area contributed by atoms with E-state index in [0.717, 1.165) is 16.5 Å². The lowest BCUT2D eigenvalue weighted by atomic mass is 10.2. The van der Waals surface area contributed by atoms with Gasteiger partial charge in [0.2, 0.25) is 0 Å². The van der Waals surface area contributed by atoms with E-state index >= 15 is 0 Å². The molecule has 0 fully saturated rings. The van der Waals surface area contributed by atoms with Gasteiger partial charge in [-0.3, -0.25) is 4.98 Å². The highest BCUT2D eigenvalue weighted by Crippen LogP contribution is 2.18. The fraction of sp³-hybridized carbons (Fsp3) is 0.100. The molecule has 2 aromatic rings. The van der Waals surface area contributed by atoms with Gasteiger partial charge in [0.25, 0.3) is 0 Å². The third-order valence-corrected chi connectivity index (χ3v) is 1.85. The zero-order valence-electron chi connectivity index (χ0n) is 7.23. The standard InChI is InChI=1S/C10H9NO.ClH/c1-12-10-3-2-9-7-11-5-4-8(9)6-10;/h2-7H,1H3;1H. The second-order valence-electron chi connectivity index (χ2n) is 2.59. The number of hydrogen-bond donors (Lipinski definition) is 0. The van der Waals surface area contributed by atoms with E-state index in [-0.39, 0.29) is 12.4 Å². The van der Waals surface area contributed by atoms with E-state index < -0.39 is 0 Å². The third-order valence-electron chi connectivity index (χ3n) is 1.85. The summed E-state index contributed by atoms with van der Waals surface area (Å²) in [6.45, 7) is 0. The van der Waals surface area contributed by atoms with E-state index in [2.05, 4.69) is 4.98 Å². The summed E-state index contributed by atoms with van der Waals surface area (Å²) < 4.78 is 5.10. The Kier molecular flexibility index (Phi) is 3.09. The quantitative estimate of drug-likeness (QED) is 0.698. The molecule has 2 rings (SSSR count). The average molecular weight is 196 g/mol.